The smallest absolute Gasteiger partial charge is 0.239 e. The summed E-state index contributed by atoms with van der Waals surface area (Å²) in [6.07, 6.45) is 3.34. The summed E-state index contributed by atoms with van der Waals surface area (Å²) >= 11 is 3.41. The summed E-state index contributed by atoms with van der Waals surface area (Å²) in [5, 5.41) is 3.77. The van der Waals surface area contributed by atoms with Gasteiger partial charge >= 0.3 is 0 Å². The molecule has 0 saturated heterocycles. The van der Waals surface area contributed by atoms with E-state index in [4.69, 9.17) is 0 Å². The molecule has 3 aromatic rings. The minimum atomic E-state index is -0.0665. The Morgan fingerprint density at radius 3 is 2.71 bits per heavy atom. The maximum Gasteiger partial charge on any atom is 0.239 e. The van der Waals surface area contributed by atoms with Crippen molar-refractivity contribution < 1.29 is 9.59 Å². The Balaban J connectivity index is 1.66. The Labute approximate surface area is 148 Å². The maximum absolute atomic E-state index is 12.2. The number of benzene rings is 2. The van der Waals surface area contributed by atoms with Crippen molar-refractivity contribution in [2.75, 3.05) is 6.54 Å². The predicted octanol–water partition coefficient (Wildman–Crippen LogP) is 3.58. The minimum absolute atomic E-state index is 0.0665. The van der Waals surface area contributed by atoms with Crippen LogP contribution >= 0.6 is 15.9 Å². The van der Waals surface area contributed by atoms with Crippen LogP contribution in [0.5, 0.6) is 0 Å². The minimum Gasteiger partial charge on any atom is -0.354 e. The second-order valence-electron chi connectivity index (χ2n) is 5.58. The van der Waals surface area contributed by atoms with Gasteiger partial charge in [-0.15, -0.1) is 0 Å². The Bertz CT molecular complexity index is 872. The number of aromatic nitrogens is 1. The summed E-state index contributed by atoms with van der Waals surface area (Å²) in [6, 6.07) is 15.7. The zero-order valence-electron chi connectivity index (χ0n) is 13.0. The summed E-state index contributed by atoms with van der Waals surface area (Å²) in [5.41, 5.74) is 2.65. The zero-order chi connectivity index (χ0) is 16.9. The van der Waals surface area contributed by atoms with Gasteiger partial charge in [-0.2, -0.15) is 0 Å². The molecule has 3 rings (SSSR count). The van der Waals surface area contributed by atoms with E-state index in [1.165, 1.54) is 5.56 Å². The number of nitrogens with zero attached hydrogens (tertiary/aromatic N) is 1. The first-order valence-electron chi connectivity index (χ1n) is 7.71. The topological polar surface area (TPSA) is 51.1 Å². The van der Waals surface area contributed by atoms with E-state index in [0.717, 1.165) is 28.1 Å². The molecule has 0 unspecified atom stereocenters. The lowest BCUT2D eigenvalue weighted by molar-refractivity contribution is -0.121. The number of fused-ring (bicyclic) bond motifs is 1. The molecule has 0 bridgehead atoms. The Morgan fingerprint density at radius 2 is 1.96 bits per heavy atom. The van der Waals surface area contributed by atoms with Crippen molar-refractivity contribution in [1.82, 2.24) is 9.88 Å². The van der Waals surface area contributed by atoms with Crippen LogP contribution in [0.25, 0.3) is 10.9 Å². The molecule has 2 aromatic carbocycles. The number of hydrogen-bond donors (Lipinski definition) is 1. The van der Waals surface area contributed by atoms with Gasteiger partial charge in [0.1, 0.15) is 6.54 Å². The SMILES string of the molecule is O=Cc1cn(CC(=O)NCCc2ccccc2)c2ccc(Br)cc12. The van der Waals surface area contributed by atoms with Crippen LogP contribution in [0.3, 0.4) is 0 Å². The molecule has 122 valence electrons. The quantitative estimate of drug-likeness (QED) is 0.660. The second-order valence-corrected chi connectivity index (χ2v) is 6.49. The van der Waals surface area contributed by atoms with E-state index in [2.05, 4.69) is 21.2 Å². The molecule has 24 heavy (non-hydrogen) atoms. The number of rotatable bonds is 6. The fourth-order valence-corrected chi connectivity index (χ4v) is 3.08. The number of amides is 1. The average Bonchev–Trinajstić information content (AvgIpc) is 2.92. The molecule has 0 aliphatic heterocycles. The number of aldehydes is 1. The van der Waals surface area contributed by atoms with Crippen molar-refractivity contribution in [3.8, 4) is 0 Å². The molecule has 0 fully saturated rings. The van der Waals surface area contributed by atoms with Gasteiger partial charge in [-0.05, 0) is 30.2 Å². The van der Waals surface area contributed by atoms with Crippen LogP contribution in [0.1, 0.15) is 15.9 Å². The third kappa shape index (κ3) is 3.74. The lowest BCUT2D eigenvalue weighted by atomic mass is 10.1. The molecular weight excluding hydrogens is 368 g/mol. The van der Waals surface area contributed by atoms with Crippen LogP contribution < -0.4 is 5.32 Å². The highest BCUT2D eigenvalue weighted by Gasteiger charge is 2.11. The van der Waals surface area contributed by atoms with Crippen LogP contribution in [0.15, 0.2) is 59.2 Å². The van der Waals surface area contributed by atoms with Gasteiger partial charge in [-0.25, -0.2) is 0 Å². The molecule has 0 saturated carbocycles. The highest BCUT2D eigenvalue weighted by atomic mass is 79.9. The molecule has 4 nitrogen and oxygen atoms in total. The van der Waals surface area contributed by atoms with Crippen LogP contribution in [0.2, 0.25) is 0 Å². The third-order valence-electron chi connectivity index (χ3n) is 3.89. The van der Waals surface area contributed by atoms with Gasteiger partial charge in [-0.1, -0.05) is 46.3 Å². The molecule has 1 amide bonds. The zero-order valence-corrected chi connectivity index (χ0v) is 14.6. The highest BCUT2D eigenvalue weighted by molar-refractivity contribution is 9.10. The molecule has 1 heterocycles. The van der Waals surface area contributed by atoms with Gasteiger partial charge in [0.05, 0.1) is 0 Å². The van der Waals surface area contributed by atoms with Gasteiger partial charge in [-0.3, -0.25) is 9.59 Å². The normalized spacial score (nSPS) is 10.7. The van der Waals surface area contributed by atoms with Crippen molar-refractivity contribution in [1.29, 1.82) is 0 Å². The lowest BCUT2D eigenvalue weighted by Crippen LogP contribution is -2.29. The van der Waals surface area contributed by atoms with Crippen molar-refractivity contribution in [2.45, 2.75) is 13.0 Å². The van der Waals surface area contributed by atoms with Gasteiger partial charge < -0.3 is 9.88 Å². The molecule has 0 atom stereocenters. The number of nitrogens with one attached hydrogen (secondary N) is 1. The van der Waals surface area contributed by atoms with E-state index in [9.17, 15) is 9.59 Å². The summed E-state index contributed by atoms with van der Waals surface area (Å²) in [5.74, 6) is -0.0665. The number of carbonyl (C=O) groups is 2. The van der Waals surface area contributed by atoms with E-state index in [-0.39, 0.29) is 12.5 Å². The van der Waals surface area contributed by atoms with E-state index < -0.39 is 0 Å². The molecule has 0 spiro atoms. The van der Waals surface area contributed by atoms with E-state index >= 15 is 0 Å². The lowest BCUT2D eigenvalue weighted by Gasteiger charge is -2.07. The number of carbonyl (C=O) groups excluding carboxylic acids is 2. The molecule has 0 aliphatic carbocycles. The fourth-order valence-electron chi connectivity index (χ4n) is 2.72. The van der Waals surface area contributed by atoms with Gasteiger partial charge in [0.2, 0.25) is 5.91 Å². The van der Waals surface area contributed by atoms with Crippen LogP contribution in [0.4, 0.5) is 0 Å². The molecule has 5 heteroatoms. The summed E-state index contributed by atoms with van der Waals surface area (Å²) < 4.78 is 2.71. The first-order chi connectivity index (χ1) is 11.7. The fraction of sp³-hybridized carbons (Fsp3) is 0.158. The van der Waals surface area contributed by atoms with Gasteiger partial charge in [0.25, 0.3) is 0 Å². The van der Waals surface area contributed by atoms with E-state index in [1.54, 1.807) is 6.20 Å². The largest absolute Gasteiger partial charge is 0.354 e. The Hall–Kier alpha value is -2.40. The monoisotopic (exact) mass is 384 g/mol. The summed E-state index contributed by atoms with van der Waals surface area (Å²) in [7, 11) is 0. The molecular formula is C19H17BrN2O2. The third-order valence-corrected chi connectivity index (χ3v) is 4.39. The molecule has 1 N–H and O–H groups in total. The molecule has 0 aliphatic rings. The summed E-state index contributed by atoms with van der Waals surface area (Å²) in [6.45, 7) is 0.787. The van der Waals surface area contributed by atoms with Crippen molar-refractivity contribution in [2.24, 2.45) is 0 Å². The standard InChI is InChI=1S/C19H17BrN2O2/c20-16-6-7-18-17(10-16)15(13-23)11-22(18)12-19(24)21-9-8-14-4-2-1-3-5-14/h1-7,10-11,13H,8-9,12H2,(H,21,24). The maximum atomic E-state index is 12.2. The van der Waals surface area contributed by atoms with Crippen LogP contribution in [0, 0.1) is 0 Å². The average molecular weight is 385 g/mol. The van der Waals surface area contributed by atoms with Crippen molar-refractivity contribution in [3.05, 3.63) is 70.3 Å². The van der Waals surface area contributed by atoms with E-state index in [1.807, 2.05) is 53.1 Å². The number of halogens is 1. The van der Waals surface area contributed by atoms with Gasteiger partial charge in [0, 0.05) is 33.7 Å². The first-order valence-corrected chi connectivity index (χ1v) is 8.51. The highest BCUT2D eigenvalue weighted by Crippen LogP contribution is 2.24. The number of hydrogen-bond acceptors (Lipinski definition) is 2. The van der Waals surface area contributed by atoms with Gasteiger partial charge in [0.15, 0.2) is 6.29 Å². The van der Waals surface area contributed by atoms with Crippen molar-refractivity contribution >= 4 is 39.0 Å². The second kappa shape index (κ2) is 7.45. The Kier molecular flexibility index (Phi) is 5.11. The molecule has 0 radical (unpaired) electrons. The molecule has 1 aromatic heterocycles. The van der Waals surface area contributed by atoms with Crippen LogP contribution in [-0.4, -0.2) is 23.3 Å². The van der Waals surface area contributed by atoms with Crippen molar-refractivity contribution in [3.63, 3.8) is 0 Å². The predicted molar refractivity (Wildman–Crippen MR) is 98.2 cm³/mol. The summed E-state index contributed by atoms with van der Waals surface area (Å²) in [4.78, 5) is 23.4. The van der Waals surface area contributed by atoms with Crippen LogP contribution in [-0.2, 0) is 17.8 Å². The first kappa shape index (κ1) is 16.5. The van der Waals surface area contributed by atoms with E-state index in [0.29, 0.717) is 12.1 Å². The Morgan fingerprint density at radius 1 is 1.17 bits per heavy atom.